The topological polar surface area (TPSA) is 57.0 Å². The largest absolute Gasteiger partial charge is 0.469 e. The maximum absolute atomic E-state index is 11.2. The van der Waals surface area contributed by atoms with Crippen LogP contribution in [0.25, 0.3) is 11.0 Å². The Kier molecular flexibility index (Phi) is 5.27. The molecular formula is C14H18BrN3O2S. The number of carbonyl (C=O) groups is 1. The Morgan fingerprint density at radius 2 is 2.24 bits per heavy atom. The average Bonchev–Trinajstić information content (AvgIpc) is 2.76. The van der Waals surface area contributed by atoms with E-state index in [9.17, 15) is 4.79 Å². The molecule has 0 radical (unpaired) electrons. The molecule has 0 saturated carbocycles. The Morgan fingerprint density at radius 1 is 1.52 bits per heavy atom. The minimum absolute atomic E-state index is 0.194. The molecule has 2 heterocycles. The van der Waals surface area contributed by atoms with E-state index in [0.29, 0.717) is 12.2 Å². The fourth-order valence-electron chi connectivity index (χ4n) is 2.05. The first-order valence-electron chi connectivity index (χ1n) is 6.69. The molecule has 0 atom stereocenters. The number of methoxy groups -OCH3 is 1. The van der Waals surface area contributed by atoms with E-state index in [2.05, 4.69) is 44.6 Å². The van der Waals surface area contributed by atoms with Gasteiger partial charge in [0.15, 0.2) is 0 Å². The highest BCUT2D eigenvalue weighted by atomic mass is 79.9. The van der Waals surface area contributed by atoms with Gasteiger partial charge in [-0.25, -0.2) is 4.98 Å². The van der Waals surface area contributed by atoms with Gasteiger partial charge in [-0.1, -0.05) is 0 Å². The van der Waals surface area contributed by atoms with Crippen LogP contribution in [0.3, 0.4) is 0 Å². The van der Waals surface area contributed by atoms with E-state index in [1.807, 2.05) is 17.7 Å². The summed E-state index contributed by atoms with van der Waals surface area (Å²) in [6, 6.07) is 2.23. The molecule has 2 aromatic rings. The monoisotopic (exact) mass is 371 g/mol. The van der Waals surface area contributed by atoms with Crippen LogP contribution in [0.1, 0.15) is 32.0 Å². The lowest BCUT2D eigenvalue weighted by molar-refractivity contribution is -0.140. The number of esters is 1. The van der Waals surface area contributed by atoms with Crippen LogP contribution >= 0.6 is 27.7 Å². The maximum atomic E-state index is 11.2. The van der Waals surface area contributed by atoms with E-state index in [4.69, 9.17) is 0 Å². The molecule has 0 N–H and O–H groups in total. The quantitative estimate of drug-likeness (QED) is 0.455. The van der Waals surface area contributed by atoms with Crippen molar-refractivity contribution in [3.8, 4) is 0 Å². The molecule has 5 nitrogen and oxygen atoms in total. The summed E-state index contributed by atoms with van der Waals surface area (Å²) < 4.78 is 7.44. The second-order valence-electron chi connectivity index (χ2n) is 4.94. The summed E-state index contributed by atoms with van der Waals surface area (Å²) >= 11 is 5.07. The molecule has 0 fully saturated rings. The number of ether oxygens (including phenoxy) is 1. The first-order chi connectivity index (χ1) is 9.93. The Morgan fingerprint density at radius 3 is 2.86 bits per heavy atom. The Labute approximate surface area is 136 Å². The number of halogens is 1. The van der Waals surface area contributed by atoms with Crippen LogP contribution in [0.15, 0.2) is 15.6 Å². The number of rotatable bonds is 5. The lowest BCUT2D eigenvalue weighted by Crippen LogP contribution is -2.04. The van der Waals surface area contributed by atoms with Gasteiger partial charge in [0.1, 0.15) is 15.6 Å². The number of hydrogen-bond acceptors (Lipinski definition) is 5. The normalized spacial score (nSPS) is 11.3. The summed E-state index contributed by atoms with van der Waals surface area (Å²) in [5, 5.41) is 4.58. The molecule has 0 aromatic carbocycles. The van der Waals surface area contributed by atoms with Crippen molar-refractivity contribution in [3.05, 3.63) is 16.4 Å². The van der Waals surface area contributed by atoms with Gasteiger partial charge in [-0.05, 0) is 42.8 Å². The van der Waals surface area contributed by atoms with Crippen LogP contribution < -0.4 is 0 Å². The van der Waals surface area contributed by atoms with E-state index in [1.54, 1.807) is 11.8 Å². The minimum atomic E-state index is -0.194. The first-order valence-corrected chi connectivity index (χ1v) is 8.47. The van der Waals surface area contributed by atoms with Crippen molar-refractivity contribution in [3.63, 3.8) is 0 Å². The van der Waals surface area contributed by atoms with Gasteiger partial charge in [-0.3, -0.25) is 9.48 Å². The van der Waals surface area contributed by atoms with Gasteiger partial charge in [0.25, 0.3) is 0 Å². The third-order valence-corrected chi connectivity index (χ3v) is 4.47. The number of aryl methyl sites for hydroxylation is 1. The minimum Gasteiger partial charge on any atom is -0.469 e. The molecule has 0 aliphatic rings. The number of thioether (sulfide) groups is 1. The van der Waals surface area contributed by atoms with Gasteiger partial charge in [0, 0.05) is 16.7 Å². The Hall–Kier alpha value is -1.08. The van der Waals surface area contributed by atoms with Gasteiger partial charge < -0.3 is 4.74 Å². The van der Waals surface area contributed by atoms with Gasteiger partial charge in [-0.2, -0.15) is 5.10 Å². The first kappa shape index (κ1) is 16.3. The molecule has 0 amide bonds. The summed E-state index contributed by atoms with van der Waals surface area (Å²) in [7, 11) is 1.41. The second kappa shape index (κ2) is 6.79. The fraction of sp³-hybridized carbons (Fsp3) is 0.500. The summed E-state index contributed by atoms with van der Waals surface area (Å²) in [4.78, 5) is 16.8. The highest BCUT2D eigenvalue weighted by Crippen LogP contribution is 2.33. The zero-order chi connectivity index (χ0) is 15.6. The van der Waals surface area contributed by atoms with E-state index in [-0.39, 0.29) is 12.0 Å². The smallest absolute Gasteiger partial charge is 0.306 e. The zero-order valence-corrected chi connectivity index (χ0v) is 14.9. The number of hydrogen-bond donors (Lipinski definition) is 0. The number of nitrogens with zero attached hydrogens (tertiary/aromatic N) is 3. The van der Waals surface area contributed by atoms with Gasteiger partial charge in [0.05, 0.1) is 19.2 Å². The van der Waals surface area contributed by atoms with Crippen LogP contribution in [-0.4, -0.2) is 33.6 Å². The molecule has 0 saturated heterocycles. The lowest BCUT2D eigenvalue weighted by Gasteiger charge is -2.10. The third-order valence-electron chi connectivity index (χ3n) is 3.04. The van der Waals surface area contributed by atoms with Crippen molar-refractivity contribution in [2.75, 3.05) is 12.9 Å². The lowest BCUT2D eigenvalue weighted by atomic mass is 10.3. The highest BCUT2D eigenvalue weighted by molar-refractivity contribution is 9.10. The molecular weight excluding hydrogens is 354 g/mol. The number of carbonyl (C=O) groups excluding carboxylic acids is 1. The molecule has 0 aliphatic carbocycles. The van der Waals surface area contributed by atoms with E-state index < -0.39 is 0 Å². The van der Waals surface area contributed by atoms with Crippen LogP contribution in [0.2, 0.25) is 0 Å². The second-order valence-corrected chi connectivity index (χ2v) is 6.89. The number of aromatic nitrogens is 3. The average molecular weight is 372 g/mol. The van der Waals surface area contributed by atoms with E-state index >= 15 is 0 Å². The SMILES string of the molecule is COC(=O)CCSc1cc(Br)nc2c(C)nn(C(C)C)c12. The summed E-state index contributed by atoms with van der Waals surface area (Å²) in [6.07, 6.45) is 0.386. The van der Waals surface area contributed by atoms with Crippen LogP contribution in [-0.2, 0) is 9.53 Å². The van der Waals surface area contributed by atoms with E-state index in [1.165, 1.54) is 7.11 Å². The molecule has 0 unspecified atom stereocenters. The maximum Gasteiger partial charge on any atom is 0.306 e. The van der Waals surface area contributed by atoms with Crippen molar-refractivity contribution in [1.29, 1.82) is 0 Å². The predicted octanol–water partition coefficient (Wildman–Crippen LogP) is 3.74. The van der Waals surface area contributed by atoms with Crippen molar-refractivity contribution in [1.82, 2.24) is 14.8 Å². The van der Waals surface area contributed by atoms with Crippen LogP contribution in [0.5, 0.6) is 0 Å². The fourth-order valence-corrected chi connectivity index (χ4v) is 3.62. The molecule has 0 aliphatic heterocycles. The van der Waals surface area contributed by atoms with Crippen molar-refractivity contribution in [2.45, 2.75) is 38.1 Å². The summed E-state index contributed by atoms with van der Waals surface area (Å²) in [5.74, 6) is 0.473. The molecule has 21 heavy (non-hydrogen) atoms. The highest BCUT2D eigenvalue weighted by Gasteiger charge is 2.16. The third kappa shape index (κ3) is 3.58. The molecule has 7 heteroatoms. The standard InChI is InChI=1S/C14H18BrN3O2S/c1-8(2)18-14-10(21-6-5-12(19)20-4)7-11(15)16-13(14)9(3)17-18/h7-8H,5-6H2,1-4H3. The molecule has 0 spiro atoms. The van der Waals surface area contributed by atoms with Gasteiger partial charge in [-0.15, -0.1) is 11.8 Å². The van der Waals surface area contributed by atoms with Crippen molar-refractivity contribution < 1.29 is 9.53 Å². The van der Waals surface area contributed by atoms with Gasteiger partial charge >= 0.3 is 5.97 Å². The molecule has 2 aromatic heterocycles. The van der Waals surface area contributed by atoms with Gasteiger partial charge in [0.2, 0.25) is 0 Å². The number of fused-ring (bicyclic) bond motifs is 1. The summed E-state index contributed by atoms with van der Waals surface area (Å²) in [6.45, 7) is 6.15. The van der Waals surface area contributed by atoms with Crippen LogP contribution in [0.4, 0.5) is 0 Å². The van der Waals surface area contributed by atoms with E-state index in [0.717, 1.165) is 26.2 Å². The Bertz CT molecular complexity index is 670. The predicted molar refractivity (Wildman–Crippen MR) is 87.7 cm³/mol. The Balaban J connectivity index is 2.39. The van der Waals surface area contributed by atoms with Crippen molar-refractivity contribution >= 4 is 44.7 Å². The molecule has 114 valence electrons. The molecule has 0 bridgehead atoms. The molecule has 2 rings (SSSR count). The van der Waals surface area contributed by atoms with Crippen molar-refractivity contribution in [2.24, 2.45) is 0 Å². The number of pyridine rings is 1. The van der Waals surface area contributed by atoms with Crippen LogP contribution in [0, 0.1) is 6.92 Å². The zero-order valence-electron chi connectivity index (χ0n) is 12.5. The summed E-state index contributed by atoms with van der Waals surface area (Å²) in [5.41, 5.74) is 2.84.